The topological polar surface area (TPSA) is 137 Å². The molecule has 0 saturated carbocycles. The van der Waals surface area contributed by atoms with Crippen molar-refractivity contribution in [2.75, 3.05) is 7.11 Å². The lowest BCUT2D eigenvalue weighted by Gasteiger charge is -2.25. The summed E-state index contributed by atoms with van der Waals surface area (Å²) in [5.41, 5.74) is 1.18. The summed E-state index contributed by atoms with van der Waals surface area (Å²) in [6.07, 6.45) is 2.00. The zero-order valence-electron chi connectivity index (χ0n) is 20.3. The van der Waals surface area contributed by atoms with Crippen molar-refractivity contribution in [2.24, 2.45) is 4.99 Å². The predicted molar refractivity (Wildman–Crippen MR) is 139 cm³/mol. The SMILES string of the molecule is CCC1=C(C(=O)OC)[C@@H](c2ccccc2)n2c(s/c(=C\c3ccc(-c4cc([N+](=O)[O-])ccc4O)o3)c2=O)=N1. The van der Waals surface area contributed by atoms with Crippen LogP contribution in [0.4, 0.5) is 5.69 Å². The number of benzene rings is 2. The number of nitro benzene ring substituents is 1. The summed E-state index contributed by atoms with van der Waals surface area (Å²) in [7, 11) is 1.30. The molecule has 38 heavy (non-hydrogen) atoms. The zero-order valence-corrected chi connectivity index (χ0v) is 21.1. The fraction of sp³-hybridized carbons (Fsp3) is 0.148. The first-order chi connectivity index (χ1) is 18.3. The molecule has 2 aromatic carbocycles. The molecule has 4 aromatic rings. The number of phenolic OH excluding ortho intramolecular Hbond substituents is 1. The maximum atomic E-state index is 13.7. The van der Waals surface area contributed by atoms with Gasteiger partial charge in [-0.1, -0.05) is 48.6 Å². The molecule has 192 valence electrons. The van der Waals surface area contributed by atoms with Crippen LogP contribution in [-0.4, -0.2) is 27.7 Å². The van der Waals surface area contributed by atoms with Crippen molar-refractivity contribution in [2.45, 2.75) is 19.4 Å². The fourth-order valence-electron chi connectivity index (χ4n) is 4.35. The highest BCUT2D eigenvalue weighted by Crippen LogP contribution is 2.34. The minimum atomic E-state index is -0.717. The van der Waals surface area contributed by atoms with Crippen LogP contribution in [0.15, 0.2) is 86.1 Å². The number of allylic oxidation sites excluding steroid dienone is 1. The third kappa shape index (κ3) is 4.33. The highest BCUT2D eigenvalue weighted by Gasteiger charge is 2.33. The molecule has 11 heteroatoms. The summed E-state index contributed by atoms with van der Waals surface area (Å²) in [4.78, 5) is 42.1. The van der Waals surface area contributed by atoms with Crippen LogP contribution < -0.4 is 14.9 Å². The lowest BCUT2D eigenvalue weighted by atomic mass is 9.95. The van der Waals surface area contributed by atoms with E-state index in [4.69, 9.17) is 9.15 Å². The summed E-state index contributed by atoms with van der Waals surface area (Å²) in [6.45, 7) is 1.88. The lowest BCUT2D eigenvalue weighted by Crippen LogP contribution is -2.40. The van der Waals surface area contributed by atoms with Crippen LogP contribution in [0.3, 0.4) is 0 Å². The Kier molecular flexibility index (Phi) is 6.52. The second kappa shape index (κ2) is 9.94. The molecule has 0 spiro atoms. The van der Waals surface area contributed by atoms with Gasteiger partial charge in [0.25, 0.3) is 11.2 Å². The van der Waals surface area contributed by atoms with Gasteiger partial charge in [0.2, 0.25) is 0 Å². The quantitative estimate of drug-likeness (QED) is 0.228. The molecule has 10 nitrogen and oxygen atoms in total. The number of ether oxygens (including phenoxy) is 1. The number of hydrogen-bond donors (Lipinski definition) is 1. The Bertz CT molecular complexity index is 1780. The van der Waals surface area contributed by atoms with Gasteiger partial charge in [-0.2, -0.15) is 0 Å². The number of non-ortho nitro benzene ring substituents is 1. The van der Waals surface area contributed by atoms with Crippen molar-refractivity contribution >= 4 is 29.1 Å². The Hall–Kier alpha value is -4.77. The molecule has 1 atom stereocenters. The number of nitro groups is 1. The number of furan rings is 1. The van der Waals surface area contributed by atoms with Crippen molar-refractivity contribution in [1.29, 1.82) is 0 Å². The molecule has 1 aliphatic rings. The molecule has 3 heterocycles. The average Bonchev–Trinajstić information content (AvgIpc) is 3.52. The highest BCUT2D eigenvalue weighted by molar-refractivity contribution is 7.07. The third-order valence-corrected chi connectivity index (χ3v) is 7.11. The maximum absolute atomic E-state index is 13.7. The monoisotopic (exact) mass is 531 g/mol. The van der Waals surface area contributed by atoms with E-state index in [1.807, 2.05) is 37.3 Å². The van der Waals surface area contributed by atoms with Gasteiger partial charge < -0.3 is 14.3 Å². The Morgan fingerprint density at radius 3 is 2.68 bits per heavy atom. The molecule has 0 bridgehead atoms. The van der Waals surface area contributed by atoms with Crippen LogP contribution in [0, 0.1) is 10.1 Å². The number of esters is 1. The molecule has 0 unspecified atom stereocenters. The van der Waals surface area contributed by atoms with Gasteiger partial charge in [-0.3, -0.25) is 19.5 Å². The third-order valence-electron chi connectivity index (χ3n) is 6.12. The molecule has 0 fully saturated rings. The Labute approximate surface area is 219 Å². The zero-order chi connectivity index (χ0) is 27.0. The van der Waals surface area contributed by atoms with Crippen molar-refractivity contribution in [1.82, 2.24) is 4.57 Å². The van der Waals surface area contributed by atoms with Crippen LogP contribution in [0.2, 0.25) is 0 Å². The van der Waals surface area contributed by atoms with E-state index in [2.05, 4.69) is 4.99 Å². The first-order valence-corrected chi connectivity index (χ1v) is 12.4. The number of aromatic nitrogens is 1. The first-order valence-electron chi connectivity index (χ1n) is 11.6. The lowest BCUT2D eigenvalue weighted by molar-refractivity contribution is -0.384. The van der Waals surface area contributed by atoms with E-state index < -0.39 is 16.9 Å². The minimum Gasteiger partial charge on any atom is -0.507 e. The summed E-state index contributed by atoms with van der Waals surface area (Å²) in [5, 5.41) is 21.3. The fourth-order valence-corrected chi connectivity index (χ4v) is 5.35. The smallest absolute Gasteiger partial charge is 0.338 e. The molecule has 1 N–H and O–H groups in total. The first kappa shape index (κ1) is 24.9. The number of fused-ring (bicyclic) bond motifs is 1. The van der Waals surface area contributed by atoms with Gasteiger partial charge in [-0.05, 0) is 30.2 Å². The van der Waals surface area contributed by atoms with E-state index in [-0.39, 0.29) is 28.3 Å². The summed E-state index contributed by atoms with van der Waals surface area (Å²) in [5.74, 6) is -0.230. The van der Waals surface area contributed by atoms with Gasteiger partial charge in [-0.15, -0.1) is 0 Å². The van der Waals surface area contributed by atoms with Crippen molar-refractivity contribution in [3.8, 4) is 17.1 Å². The molecule has 1 aliphatic heterocycles. The molecule has 0 saturated heterocycles. The van der Waals surface area contributed by atoms with E-state index in [0.717, 1.165) is 16.9 Å². The van der Waals surface area contributed by atoms with Gasteiger partial charge in [0, 0.05) is 18.2 Å². The molecule has 0 amide bonds. The Morgan fingerprint density at radius 1 is 1.24 bits per heavy atom. The second-order valence-corrected chi connectivity index (χ2v) is 9.37. The van der Waals surface area contributed by atoms with E-state index in [1.54, 1.807) is 12.1 Å². The molecule has 2 aromatic heterocycles. The van der Waals surface area contributed by atoms with Gasteiger partial charge in [-0.25, -0.2) is 9.79 Å². The van der Waals surface area contributed by atoms with Gasteiger partial charge >= 0.3 is 5.97 Å². The van der Waals surface area contributed by atoms with Gasteiger partial charge in [0.1, 0.15) is 17.3 Å². The van der Waals surface area contributed by atoms with E-state index in [1.165, 1.54) is 36.0 Å². The Balaban J connectivity index is 1.65. The number of hydrogen-bond acceptors (Lipinski definition) is 9. The number of nitrogens with zero attached hydrogens (tertiary/aromatic N) is 3. The van der Waals surface area contributed by atoms with E-state index >= 15 is 0 Å². The molecule has 5 rings (SSSR count). The standard InChI is InChI=1S/C27H21N3O7S/c1-3-19-23(26(33)36-2)24(15-7-5-4-6-8-15)29-25(32)22(38-27(29)28-19)14-17-10-12-21(37-17)18-13-16(30(34)35)9-11-20(18)31/h4-14,24,31H,3H2,1-2H3/b22-14-/t24-/m1/s1. The number of carbonyl (C=O) groups is 1. The van der Waals surface area contributed by atoms with Crippen LogP contribution in [-0.2, 0) is 9.53 Å². The second-order valence-electron chi connectivity index (χ2n) is 8.36. The van der Waals surface area contributed by atoms with Crippen LogP contribution in [0.1, 0.15) is 30.7 Å². The molecular formula is C27H21N3O7S. The summed E-state index contributed by atoms with van der Waals surface area (Å²) < 4.78 is 12.7. The highest BCUT2D eigenvalue weighted by atomic mass is 32.1. The number of aromatic hydroxyl groups is 1. The Morgan fingerprint density at radius 2 is 2.00 bits per heavy atom. The average molecular weight is 532 g/mol. The summed E-state index contributed by atoms with van der Waals surface area (Å²) >= 11 is 1.15. The summed E-state index contributed by atoms with van der Waals surface area (Å²) in [6, 6.07) is 15.3. The number of methoxy groups -OCH3 is 1. The van der Waals surface area contributed by atoms with Gasteiger partial charge in [0.05, 0.1) is 39.4 Å². The van der Waals surface area contributed by atoms with Crippen molar-refractivity contribution in [3.05, 3.63) is 113 Å². The van der Waals surface area contributed by atoms with Crippen LogP contribution in [0.25, 0.3) is 17.4 Å². The molecular weight excluding hydrogens is 510 g/mol. The van der Waals surface area contributed by atoms with E-state index in [9.17, 15) is 24.8 Å². The van der Waals surface area contributed by atoms with Crippen molar-refractivity contribution < 1.29 is 24.0 Å². The maximum Gasteiger partial charge on any atom is 0.338 e. The largest absolute Gasteiger partial charge is 0.507 e. The van der Waals surface area contributed by atoms with Gasteiger partial charge in [0.15, 0.2) is 4.80 Å². The minimum absolute atomic E-state index is 0.152. The van der Waals surface area contributed by atoms with E-state index in [0.29, 0.717) is 32.8 Å². The molecule has 0 radical (unpaired) electrons. The van der Waals surface area contributed by atoms with Crippen molar-refractivity contribution in [3.63, 3.8) is 0 Å². The number of thiazole rings is 1. The van der Waals surface area contributed by atoms with Crippen LogP contribution in [0.5, 0.6) is 5.75 Å². The normalized spacial score (nSPS) is 15.2. The number of carbonyl (C=O) groups excluding carboxylic acids is 1. The number of rotatable bonds is 6. The predicted octanol–water partition coefficient (Wildman–Crippen LogP) is 3.67. The molecule has 0 aliphatic carbocycles. The van der Waals surface area contributed by atoms with Crippen LogP contribution >= 0.6 is 11.3 Å². The number of phenols is 1.